The molecule has 306 valence electrons. The fourth-order valence-corrected chi connectivity index (χ4v) is 10.5. The summed E-state index contributed by atoms with van der Waals surface area (Å²) in [6, 6.07) is 84.1. The first-order valence-corrected chi connectivity index (χ1v) is 22.6. The molecule has 0 bridgehead atoms. The first-order chi connectivity index (χ1) is 32.7. The minimum absolute atomic E-state index is 0.855. The smallest absolute Gasteiger partial charge is 0.0965 e. The molecular weight excluding hydrogens is 797 g/mol. The number of hydrogen-bond acceptors (Lipinski definition) is 2. The molecule has 0 atom stereocenters. The highest BCUT2D eigenvalue weighted by Crippen LogP contribution is 2.46. The summed E-state index contributed by atoms with van der Waals surface area (Å²) in [5, 5.41) is 14.9. The van der Waals surface area contributed by atoms with E-state index in [0.717, 1.165) is 33.6 Å². The molecule has 0 radical (unpaired) electrons. The Morgan fingerprint density at radius 3 is 0.758 bits per heavy atom. The van der Waals surface area contributed by atoms with Gasteiger partial charge in [-0.3, -0.25) is 9.97 Å². The molecule has 0 N–H and O–H groups in total. The summed E-state index contributed by atoms with van der Waals surface area (Å²) in [5.74, 6) is 0. The monoisotopic (exact) mass is 836 g/mol. The third kappa shape index (κ3) is 6.18. The van der Waals surface area contributed by atoms with Crippen molar-refractivity contribution in [2.75, 3.05) is 0 Å². The van der Waals surface area contributed by atoms with Gasteiger partial charge in [-0.25, -0.2) is 0 Å². The van der Waals surface area contributed by atoms with Crippen molar-refractivity contribution in [3.8, 4) is 67.0 Å². The van der Waals surface area contributed by atoms with Gasteiger partial charge in [0.25, 0.3) is 0 Å². The van der Waals surface area contributed by atoms with Crippen molar-refractivity contribution in [1.82, 2.24) is 9.97 Å². The molecule has 13 aromatic rings. The lowest BCUT2D eigenvalue weighted by Crippen LogP contribution is -1.94. The van der Waals surface area contributed by atoms with E-state index < -0.39 is 0 Å². The molecule has 1 heterocycles. The van der Waals surface area contributed by atoms with Gasteiger partial charge in [-0.2, -0.15) is 0 Å². The van der Waals surface area contributed by atoms with Crippen LogP contribution in [0.5, 0.6) is 0 Å². The van der Waals surface area contributed by atoms with Crippen LogP contribution in [0.2, 0.25) is 0 Å². The molecule has 1 aromatic heterocycles. The van der Waals surface area contributed by atoms with Crippen LogP contribution < -0.4 is 0 Å². The van der Waals surface area contributed by atoms with Gasteiger partial charge in [0.1, 0.15) is 0 Å². The van der Waals surface area contributed by atoms with Crippen molar-refractivity contribution >= 4 is 64.6 Å². The third-order valence-corrected chi connectivity index (χ3v) is 13.5. The lowest BCUT2D eigenvalue weighted by Gasteiger charge is -2.18. The number of hydrogen-bond donors (Lipinski definition) is 0. The summed E-state index contributed by atoms with van der Waals surface area (Å²) in [7, 11) is 0. The van der Waals surface area contributed by atoms with Crippen LogP contribution >= 0.6 is 0 Å². The van der Waals surface area contributed by atoms with Crippen molar-refractivity contribution in [2.45, 2.75) is 0 Å². The van der Waals surface area contributed by atoms with E-state index in [9.17, 15) is 0 Å². The number of rotatable bonds is 6. The van der Waals surface area contributed by atoms with Crippen molar-refractivity contribution in [3.05, 3.63) is 243 Å². The van der Waals surface area contributed by atoms with Crippen LogP contribution in [0.3, 0.4) is 0 Å². The average molecular weight is 837 g/mol. The van der Waals surface area contributed by atoms with Gasteiger partial charge in [0.05, 0.1) is 11.4 Å². The Morgan fingerprint density at radius 1 is 0.197 bits per heavy atom. The SMILES string of the molecule is c1ccc2cc(-c3c4ccccc4c(-c4ccc(-c5nccnc5-c5ccc(-c6c7ccccc7c(-c7ccc8ccccc8c7)c7ccccc67)cc5)cc4)c4ccccc34)ccc2c1. The Morgan fingerprint density at radius 2 is 0.439 bits per heavy atom. The molecule has 0 aliphatic carbocycles. The van der Waals surface area contributed by atoms with E-state index in [2.05, 4.69) is 231 Å². The first-order valence-electron chi connectivity index (χ1n) is 22.6. The van der Waals surface area contributed by atoms with E-state index in [-0.39, 0.29) is 0 Å². The van der Waals surface area contributed by atoms with Crippen LogP contribution in [0.1, 0.15) is 0 Å². The lowest BCUT2D eigenvalue weighted by molar-refractivity contribution is 1.21. The molecule has 2 heteroatoms. The normalized spacial score (nSPS) is 11.6. The highest BCUT2D eigenvalue weighted by Gasteiger charge is 2.20. The summed E-state index contributed by atoms with van der Waals surface area (Å²) < 4.78 is 0. The van der Waals surface area contributed by atoms with Gasteiger partial charge in [0.2, 0.25) is 0 Å². The van der Waals surface area contributed by atoms with E-state index in [0.29, 0.717) is 0 Å². The molecule has 0 spiro atoms. The molecule has 0 amide bonds. The molecule has 2 nitrogen and oxygen atoms in total. The summed E-state index contributed by atoms with van der Waals surface area (Å²) >= 11 is 0. The second-order valence-electron chi connectivity index (χ2n) is 17.2. The maximum absolute atomic E-state index is 4.95. The van der Waals surface area contributed by atoms with Crippen molar-refractivity contribution in [1.29, 1.82) is 0 Å². The minimum Gasteiger partial charge on any atom is -0.252 e. The number of fused-ring (bicyclic) bond motifs is 6. The summed E-state index contributed by atoms with van der Waals surface area (Å²) in [6.07, 6.45) is 3.59. The Hall–Kier alpha value is -8.72. The quantitative estimate of drug-likeness (QED) is 0.156. The summed E-state index contributed by atoms with van der Waals surface area (Å²) in [6.45, 7) is 0. The van der Waals surface area contributed by atoms with Crippen molar-refractivity contribution in [2.24, 2.45) is 0 Å². The Kier molecular flexibility index (Phi) is 8.89. The van der Waals surface area contributed by atoms with Crippen LogP contribution in [-0.2, 0) is 0 Å². The number of benzene rings is 12. The Balaban J connectivity index is 0.889. The molecule has 0 unspecified atom stereocenters. The topological polar surface area (TPSA) is 25.8 Å². The maximum Gasteiger partial charge on any atom is 0.0965 e. The van der Waals surface area contributed by atoms with Gasteiger partial charge in [0.15, 0.2) is 0 Å². The molecule has 0 aliphatic heterocycles. The van der Waals surface area contributed by atoms with Gasteiger partial charge >= 0.3 is 0 Å². The molecular formula is C64H40N2. The van der Waals surface area contributed by atoms with Gasteiger partial charge in [0, 0.05) is 23.5 Å². The second-order valence-corrected chi connectivity index (χ2v) is 17.2. The number of aromatic nitrogens is 2. The largest absolute Gasteiger partial charge is 0.252 e. The molecule has 0 fully saturated rings. The van der Waals surface area contributed by atoms with E-state index in [4.69, 9.17) is 9.97 Å². The molecule has 0 saturated carbocycles. The zero-order valence-corrected chi connectivity index (χ0v) is 36.0. The molecule has 13 rings (SSSR count). The minimum atomic E-state index is 0.855. The predicted octanol–water partition coefficient (Wildman–Crippen LogP) is 17.4. The fraction of sp³-hybridized carbons (Fsp3) is 0. The third-order valence-electron chi connectivity index (χ3n) is 13.5. The van der Waals surface area contributed by atoms with E-state index in [1.807, 2.05) is 0 Å². The van der Waals surface area contributed by atoms with Gasteiger partial charge in [-0.05, 0) is 121 Å². The zero-order chi connectivity index (χ0) is 43.6. The zero-order valence-electron chi connectivity index (χ0n) is 36.0. The van der Waals surface area contributed by atoms with E-state index in [1.54, 1.807) is 12.4 Å². The first kappa shape index (κ1) is 37.8. The standard InChI is InChI=1S/C64H40N2/c1-3-15-47-39-49(35-25-41(47)13-1)61-55-21-9-5-17-51(55)59(52-18-6-10-22-56(52)61)43-27-31-45(32-28-43)63-64(66-38-37-65-63)46-33-29-44(30-34-46)60-53-19-7-11-23-57(53)62(58-24-12-8-20-54(58)60)50-36-26-42-14-2-4-16-48(42)40-50/h1-40H. The van der Waals surface area contributed by atoms with Crippen LogP contribution in [0.25, 0.3) is 132 Å². The predicted molar refractivity (Wildman–Crippen MR) is 280 cm³/mol. The lowest BCUT2D eigenvalue weighted by atomic mass is 9.85. The van der Waals surface area contributed by atoms with E-state index >= 15 is 0 Å². The van der Waals surface area contributed by atoms with Crippen LogP contribution in [0.4, 0.5) is 0 Å². The molecule has 0 saturated heterocycles. The van der Waals surface area contributed by atoms with Crippen LogP contribution in [0, 0.1) is 0 Å². The summed E-state index contributed by atoms with van der Waals surface area (Å²) in [5.41, 5.74) is 13.5. The van der Waals surface area contributed by atoms with Crippen LogP contribution in [0.15, 0.2) is 243 Å². The highest BCUT2D eigenvalue weighted by atomic mass is 14.8. The summed E-state index contributed by atoms with van der Waals surface area (Å²) in [4.78, 5) is 9.90. The molecule has 0 aliphatic rings. The molecule has 66 heavy (non-hydrogen) atoms. The highest BCUT2D eigenvalue weighted by molar-refractivity contribution is 6.23. The van der Waals surface area contributed by atoms with Gasteiger partial charge in [-0.15, -0.1) is 0 Å². The van der Waals surface area contributed by atoms with Crippen LogP contribution in [-0.4, -0.2) is 9.97 Å². The number of nitrogens with zero attached hydrogens (tertiary/aromatic N) is 2. The fourth-order valence-electron chi connectivity index (χ4n) is 10.5. The Bertz CT molecular complexity index is 3660. The van der Waals surface area contributed by atoms with Crippen molar-refractivity contribution in [3.63, 3.8) is 0 Å². The maximum atomic E-state index is 4.95. The van der Waals surface area contributed by atoms with Gasteiger partial charge in [-0.1, -0.05) is 218 Å². The molecule has 12 aromatic carbocycles. The van der Waals surface area contributed by atoms with E-state index in [1.165, 1.54) is 98.0 Å². The average Bonchev–Trinajstić information content (AvgIpc) is 3.39. The van der Waals surface area contributed by atoms with Gasteiger partial charge < -0.3 is 0 Å². The van der Waals surface area contributed by atoms with Crippen molar-refractivity contribution < 1.29 is 0 Å². The second kappa shape index (κ2) is 15.5. The Labute approximate surface area is 382 Å².